The Kier molecular flexibility index (Phi) is 15.3. The van der Waals surface area contributed by atoms with E-state index in [1.54, 1.807) is 0 Å². The van der Waals surface area contributed by atoms with Gasteiger partial charge >= 0.3 is 59.1 Å². The van der Waals surface area contributed by atoms with Crippen molar-refractivity contribution in [3.8, 4) is 0 Å². The Bertz CT molecular complexity index is 140. The molecule has 7 heteroatoms. The number of halogens is 1. The number of hydrogen-bond acceptors (Lipinski definition) is 4. The number of carboxylic acids is 2. The monoisotopic (exact) mass is 196 g/mol. The molecule has 0 aliphatic rings. The molecule has 1 atom stereocenters. The third-order valence-corrected chi connectivity index (χ3v) is 0.934. The second-order valence-corrected chi connectivity index (χ2v) is 1.89. The van der Waals surface area contributed by atoms with Crippen molar-refractivity contribution in [2.75, 3.05) is 0 Å². The Morgan fingerprint density at radius 3 is 1.73 bits per heavy atom. The molecule has 0 heterocycles. The Balaban J connectivity index is -0.000000320. The molecule has 0 saturated heterocycles. The summed E-state index contributed by atoms with van der Waals surface area (Å²) in [7, 11) is 0. The van der Waals surface area contributed by atoms with E-state index in [0.717, 1.165) is 0 Å². The fraction of sp³-hybridized carbons (Fsp3) is 0.500. The molecule has 0 fully saturated rings. The van der Waals surface area contributed by atoms with Crippen molar-refractivity contribution in [2.45, 2.75) is 11.8 Å². The molecular formula is C4H3ClNa2O4. The fourth-order valence-corrected chi connectivity index (χ4v) is 0.356. The second-order valence-electron chi connectivity index (χ2n) is 1.36. The van der Waals surface area contributed by atoms with Crippen LogP contribution in [0.3, 0.4) is 0 Å². The molecule has 0 amide bonds. The molecule has 0 radical (unpaired) electrons. The topological polar surface area (TPSA) is 80.3 Å². The third-order valence-electron chi connectivity index (χ3n) is 0.602. The Morgan fingerprint density at radius 1 is 1.27 bits per heavy atom. The first kappa shape index (κ1) is 18.1. The zero-order chi connectivity index (χ0) is 7.44. The van der Waals surface area contributed by atoms with Gasteiger partial charge in [0, 0.05) is 12.4 Å². The van der Waals surface area contributed by atoms with E-state index in [1.807, 2.05) is 0 Å². The third kappa shape index (κ3) is 11.2. The zero-order valence-electron chi connectivity index (χ0n) is 6.30. The van der Waals surface area contributed by atoms with Crippen LogP contribution < -0.4 is 69.3 Å². The molecule has 0 spiro atoms. The Morgan fingerprint density at radius 2 is 1.64 bits per heavy atom. The molecule has 0 aromatic heterocycles. The minimum absolute atomic E-state index is 0. The first-order chi connectivity index (χ1) is 4.04. The summed E-state index contributed by atoms with van der Waals surface area (Å²) in [6, 6.07) is 0. The van der Waals surface area contributed by atoms with Crippen LogP contribution in [0.1, 0.15) is 6.42 Å². The van der Waals surface area contributed by atoms with E-state index < -0.39 is 23.7 Å². The summed E-state index contributed by atoms with van der Waals surface area (Å²) in [4.78, 5) is 19.3. The SMILES string of the molecule is O=C([O-])C[C@@H](Cl)C(=O)[O-].[Na+].[Na+]. The largest absolute Gasteiger partial charge is 1.00 e. The van der Waals surface area contributed by atoms with E-state index in [2.05, 4.69) is 0 Å². The summed E-state index contributed by atoms with van der Waals surface area (Å²) >= 11 is 4.93. The van der Waals surface area contributed by atoms with Crippen LogP contribution in [0.25, 0.3) is 0 Å². The number of rotatable bonds is 3. The maximum Gasteiger partial charge on any atom is 1.00 e. The molecule has 0 N–H and O–H groups in total. The van der Waals surface area contributed by atoms with E-state index >= 15 is 0 Å². The van der Waals surface area contributed by atoms with E-state index in [0.29, 0.717) is 0 Å². The van der Waals surface area contributed by atoms with Gasteiger partial charge in [-0.3, -0.25) is 0 Å². The molecule has 4 nitrogen and oxygen atoms in total. The van der Waals surface area contributed by atoms with Crippen LogP contribution in [-0.2, 0) is 9.59 Å². The summed E-state index contributed by atoms with van der Waals surface area (Å²) in [5, 5.41) is 17.8. The number of hydrogen-bond donors (Lipinski definition) is 0. The standard InChI is InChI=1S/C4H5ClO4.2Na/c5-2(4(8)9)1-3(6)7;;/h2H,1H2,(H,6,7)(H,8,9);;/q;2*+1/p-2/t2-;;/m1../s1. The number of carbonyl (C=O) groups is 2. The van der Waals surface area contributed by atoms with Crippen LogP contribution in [0.4, 0.5) is 0 Å². The quantitative estimate of drug-likeness (QED) is 0.332. The molecule has 0 rings (SSSR count). The van der Waals surface area contributed by atoms with E-state index in [4.69, 9.17) is 11.6 Å². The maximum absolute atomic E-state index is 9.70. The van der Waals surface area contributed by atoms with Gasteiger partial charge in [0.1, 0.15) is 0 Å². The summed E-state index contributed by atoms with van der Waals surface area (Å²) in [6.07, 6.45) is -0.718. The van der Waals surface area contributed by atoms with Gasteiger partial charge in [-0.1, -0.05) is 0 Å². The number of alkyl halides is 1. The molecule has 0 bridgehead atoms. The van der Waals surface area contributed by atoms with Gasteiger partial charge in [0.05, 0.1) is 11.3 Å². The predicted molar refractivity (Wildman–Crippen MR) is 24.3 cm³/mol. The van der Waals surface area contributed by atoms with E-state index in [9.17, 15) is 19.8 Å². The minimum atomic E-state index is -1.60. The molecule has 0 aromatic rings. The van der Waals surface area contributed by atoms with Gasteiger partial charge in [-0.25, -0.2) is 0 Å². The van der Waals surface area contributed by atoms with Crippen molar-refractivity contribution in [3.05, 3.63) is 0 Å². The van der Waals surface area contributed by atoms with Gasteiger partial charge < -0.3 is 19.8 Å². The van der Waals surface area contributed by atoms with Gasteiger partial charge in [0.25, 0.3) is 0 Å². The predicted octanol–water partition coefficient (Wildman–Crippen LogP) is -8.51. The van der Waals surface area contributed by atoms with Crippen molar-refractivity contribution < 1.29 is 78.9 Å². The van der Waals surface area contributed by atoms with Crippen LogP contribution in [0, 0.1) is 0 Å². The first-order valence-electron chi connectivity index (χ1n) is 2.09. The fourth-order valence-electron chi connectivity index (χ4n) is 0.230. The molecule has 11 heavy (non-hydrogen) atoms. The molecule has 0 aliphatic heterocycles. The second kappa shape index (κ2) is 9.32. The summed E-state index contributed by atoms with van der Waals surface area (Å²) in [5.41, 5.74) is 0. The van der Waals surface area contributed by atoms with Crippen molar-refractivity contribution in [1.29, 1.82) is 0 Å². The molecule has 0 aromatic carbocycles. The first-order valence-corrected chi connectivity index (χ1v) is 2.52. The van der Waals surface area contributed by atoms with Gasteiger partial charge in [0.2, 0.25) is 0 Å². The molecule has 0 unspecified atom stereocenters. The maximum atomic E-state index is 9.70. The van der Waals surface area contributed by atoms with Crippen molar-refractivity contribution in [3.63, 3.8) is 0 Å². The summed E-state index contributed by atoms with van der Waals surface area (Å²) < 4.78 is 0. The number of aliphatic carboxylic acids is 2. The average Bonchev–Trinajstić information content (AvgIpc) is 1.63. The smallest absolute Gasteiger partial charge is 0.550 e. The van der Waals surface area contributed by atoms with Gasteiger partial charge in [-0.2, -0.15) is 0 Å². The molecule has 52 valence electrons. The summed E-state index contributed by atoms with van der Waals surface area (Å²) in [6.45, 7) is 0. The normalized spacial score (nSPS) is 10.3. The van der Waals surface area contributed by atoms with Crippen LogP contribution in [0.15, 0.2) is 0 Å². The summed E-state index contributed by atoms with van der Waals surface area (Å²) in [5.74, 6) is -3.10. The Hall–Kier alpha value is 1.23. The van der Waals surface area contributed by atoms with Gasteiger partial charge in [-0.15, -0.1) is 11.6 Å². The van der Waals surface area contributed by atoms with Crippen LogP contribution in [-0.4, -0.2) is 17.3 Å². The zero-order valence-corrected chi connectivity index (χ0v) is 11.1. The molecule has 0 aliphatic carbocycles. The molecular weight excluding hydrogens is 193 g/mol. The van der Waals surface area contributed by atoms with Crippen molar-refractivity contribution in [1.82, 2.24) is 0 Å². The van der Waals surface area contributed by atoms with Crippen LogP contribution in [0.5, 0.6) is 0 Å². The minimum Gasteiger partial charge on any atom is -0.550 e. The van der Waals surface area contributed by atoms with E-state index in [-0.39, 0.29) is 59.1 Å². The number of carbonyl (C=O) groups excluding carboxylic acids is 2. The van der Waals surface area contributed by atoms with Gasteiger partial charge in [-0.05, 0) is 0 Å². The molecule has 0 saturated carbocycles. The van der Waals surface area contributed by atoms with Crippen LogP contribution >= 0.6 is 11.6 Å². The Labute approximate surface area is 113 Å². The number of carboxylic acid groups (broad SMARTS) is 2. The van der Waals surface area contributed by atoms with Crippen LogP contribution in [0.2, 0.25) is 0 Å². The van der Waals surface area contributed by atoms with E-state index in [1.165, 1.54) is 0 Å². The van der Waals surface area contributed by atoms with Crippen molar-refractivity contribution in [2.24, 2.45) is 0 Å². The van der Waals surface area contributed by atoms with Crippen molar-refractivity contribution >= 4 is 23.5 Å². The van der Waals surface area contributed by atoms with Gasteiger partial charge in [0.15, 0.2) is 0 Å². The average molecular weight is 196 g/mol.